The van der Waals surface area contributed by atoms with Gasteiger partial charge in [0, 0.05) is 45.7 Å². The van der Waals surface area contributed by atoms with Crippen LogP contribution in [0.25, 0.3) is 0 Å². The first-order valence-corrected chi connectivity index (χ1v) is 8.73. The van der Waals surface area contributed by atoms with E-state index < -0.39 is 0 Å². The Morgan fingerprint density at radius 1 is 1.22 bits per heavy atom. The van der Waals surface area contributed by atoms with Crippen LogP contribution in [-0.4, -0.2) is 70.1 Å². The molecule has 0 aromatic carbocycles. The summed E-state index contributed by atoms with van der Waals surface area (Å²) in [7, 11) is 1.88. The molecule has 1 aromatic heterocycles. The lowest BCUT2D eigenvalue weighted by molar-refractivity contribution is 0.125. The SMILES string of the molecule is CCCCc1nc(CN2CCC(N3CCN(C)C3=O)CC2)no1. The Hall–Kier alpha value is -1.63. The molecule has 2 aliphatic heterocycles. The Morgan fingerprint density at radius 2 is 2.00 bits per heavy atom. The number of hydrogen-bond donors (Lipinski definition) is 0. The lowest BCUT2D eigenvalue weighted by Crippen LogP contribution is -2.46. The van der Waals surface area contributed by atoms with Crippen LogP contribution in [0, 0.1) is 0 Å². The van der Waals surface area contributed by atoms with Gasteiger partial charge in [-0.05, 0) is 19.3 Å². The molecule has 128 valence electrons. The lowest BCUT2D eigenvalue weighted by atomic mass is 10.0. The number of carbonyl (C=O) groups is 1. The van der Waals surface area contributed by atoms with E-state index in [4.69, 9.17) is 4.52 Å². The molecule has 0 atom stereocenters. The minimum absolute atomic E-state index is 0.183. The standard InChI is InChI=1S/C16H27N5O2/c1-3-4-5-15-17-14(18-23-15)12-20-8-6-13(7-9-20)21-11-10-19(2)16(21)22/h13H,3-12H2,1-2H3. The smallest absolute Gasteiger partial charge is 0.320 e. The second-order valence-corrected chi connectivity index (χ2v) is 6.61. The molecule has 3 heterocycles. The second-order valence-electron chi connectivity index (χ2n) is 6.61. The summed E-state index contributed by atoms with van der Waals surface area (Å²) in [6.07, 6.45) is 5.15. The molecule has 0 N–H and O–H groups in total. The summed E-state index contributed by atoms with van der Waals surface area (Å²) in [6.45, 7) is 6.59. The molecule has 2 fully saturated rings. The van der Waals surface area contributed by atoms with Crippen molar-refractivity contribution in [3.05, 3.63) is 11.7 Å². The number of likely N-dealkylation sites (tertiary alicyclic amines) is 1. The second kappa shape index (κ2) is 7.29. The highest BCUT2D eigenvalue weighted by Gasteiger charge is 2.33. The average molecular weight is 321 g/mol. The molecule has 7 nitrogen and oxygen atoms in total. The predicted molar refractivity (Wildman–Crippen MR) is 85.9 cm³/mol. The Kier molecular flexibility index (Phi) is 5.15. The molecule has 2 amide bonds. The fourth-order valence-electron chi connectivity index (χ4n) is 3.38. The molecule has 0 radical (unpaired) electrons. The van der Waals surface area contributed by atoms with Crippen molar-refractivity contribution in [3.8, 4) is 0 Å². The summed E-state index contributed by atoms with van der Waals surface area (Å²) in [4.78, 5) is 22.7. The van der Waals surface area contributed by atoms with Crippen LogP contribution >= 0.6 is 0 Å². The number of amides is 2. The first-order chi connectivity index (χ1) is 11.2. The molecule has 0 bridgehead atoms. The number of aryl methyl sites for hydroxylation is 1. The fourth-order valence-corrected chi connectivity index (χ4v) is 3.38. The van der Waals surface area contributed by atoms with Gasteiger partial charge in [0.15, 0.2) is 5.82 Å². The highest BCUT2D eigenvalue weighted by atomic mass is 16.5. The molecule has 3 rings (SSSR count). The zero-order valence-electron chi connectivity index (χ0n) is 14.2. The van der Waals surface area contributed by atoms with Gasteiger partial charge in [0.1, 0.15) is 0 Å². The van der Waals surface area contributed by atoms with Gasteiger partial charge in [0.25, 0.3) is 0 Å². The topological polar surface area (TPSA) is 65.7 Å². The molecule has 0 spiro atoms. The summed E-state index contributed by atoms with van der Waals surface area (Å²) in [6, 6.07) is 0.566. The molecule has 7 heteroatoms. The van der Waals surface area contributed by atoms with Gasteiger partial charge in [-0.3, -0.25) is 4.90 Å². The third kappa shape index (κ3) is 3.83. The maximum absolute atomic E-state index is 12.1. The monoisotopic (exact) mass is 321 g/mol. The number of hydrogen-bond acceptors (Lipinski definition) is 5. The number of unbranched alkanes of at least 4 members (excludes halogenated alkanes) is 1. The average Bonchev–Trinajstić information content (AvgIpc) is 3.14. The molecule has 0 unspecified atom stereocenters. The zero-order valence-corrected chi connectivity index (χ0v) is 14.2. The maximum atomic E-state index is 12.1. The van der Waals surface area contributed by atoms with Gasteiger partial charge >= 0.3 is 6.03 Å². The van der Waals surface area contributed by atoms with Crippen molar-refractivity contribution >= 4 is 6.03 Å². The minimum Gasteiger partial charge on any atom is -0.339 e. The van der Waals surface area contributed by atoms with Crippen LogP contribution in [0.5, 0.6) is 0 Å². The van der Waals surface area contributed by atoms with E-state index >= 15 is 0 Å². The van der Waals surface area contributed by atoms with Crippen LogP contribution in [0.1, 0.15) is 44.3 Å². The molecular formula is C16H27N5O2. The lowest BCUT2D eigenvalue weighted by Gasteiger charge is -2.35. The highest BCUT2D eigenvalue weighted by Crippen LogP contribution is 2.21. The van der Waals surface area contributed by atoms with Gasteiger partial charge in [-0.1, -0.05) is 18.5 Å². The highest BCUT2D eigenvalue weighted by molar-refractivity contribution is 5.76. The summed E-state index contributed by atoms with van der Waals surface area (Å²) in [5.74, 6) is 1.54. The molecule has 23 heavy (non-hydrogen) atoms. The van der Waals surface area contributed by atoms with Crippen molar-refractivity contribution in [3.63, 3.8) is 0 Å². The first kappa shape index (κ1) is 16.2. The number of likely N-dealkylation sites (N-methyl/N-ethyl adjacent to an activating group) is 1. The summed E-state index contributed by atoms with van der Waals surface area (Å²) < 4.78 is 5.29. The van der Waals surface area contributed by atoms with E-state index in [2.05, 4.69) is 22.0 Å². The van der Waals surface area contributed by atoms with Crippen molar-refractivity contribution in [1.29, 1.82) is 0 Å². The third-order valence-electron chi connectivity index (χ3n) is 4.87. The van der Waals surface area contributed by atoms with Gasteiger partial charge < -0.3 is 14.3 Å². The first-order valence-electron chi connectivity index (χ1n) is 8.73. The normalized spacial score (nSPS) is 20.7. The molecule has 0 saturated carbocycles. The quantitative estimate of drug-likeness (QED) is 0.798. The summed E-state index contributed by atoms with van der Waals surface area (Å²) >= 11 is 0. The van der Waals surface area contributed by atoms with Gasteiger partial charge in [-0.25, -0.2) is 4.79 Å². The van der Waals surface area contributed by atoms with Crippen molar-refractivity contribution in [2.75, 3.05) is 33.2 Å². The molecule has 2 aliphatic rings. The van der Waals surface area contributed by atoms with Gasteiger partial charge in [-0.15, -0.1) is 0 Å². The van der Waals surface area contributed by atoms with Gasteiger partial charge in [-0.2, -0.15) is 4.98 Å². The fraction of sp³-hybridized carbons (Fsp3) is 0.812. The van der Waals surface area contributed by atoms with Crippen LogP contribution in [-0.2, 0) is 13.0 Å². The molecule has 2 saturated heterocycles. The van der Waals surface area contributed by atoms with E-state index in [9.17, 15) is 4.79 Å². The Bertz CT molecular complexity index is 524. The van der Waals surface area contributed by atoms with E-state index in [0.29, 0.717) is 6.04 Å². The van der Waals surface area contributed by atoms with Crippen molar-refractivity contribution in [2.45, 2.75) is 51.6 Å². The molecular weight excluding hydrogens is 294 g/mol. The summed E-state index contributed by atoms with van der Waals surface area (Å²) in [5, 5.41) is 4.08. The third-order valence-corrected chi connectivity index (χ3v) is 4.87. The number of urea groups is 1. The van der Waals surface area contributed by atoms with Gasteiger partial charge in [0.05, 0.1) is 6.54 Å². The summed E-state index contributed by atoms with van der Waals surface area (Å²) in [5.41, 5.74) is 0. The molecule has 1 aromatic rings. The number of carbonyl (C=O) groups excluding carboxylic acids is 1. The van der Waals surface area contributed by atoms with E-state index in [1.165, 1.54) is 0 Å². The predicted octanol–water partition coefficient (Wildman–Crippen LogP) is 1.74. The van der Waals surface area contributed by atoms with Crippen LogP contribution in [0.3, 0.4) is 0 Å². The molecule has 0 aliphatic carbocycles. The van der Waals surface area contributed by atoms with Crippen molar-refractivity contribution in [2.24, 2.45) is 0 Å². The maximum Gasteiger partial charge on any atom is 0.320 e. The number of rotatable bonds is 6. The van der Waals surface area contributed by atoms with Crippen molar-refractivity contribution < 1.29 is 9.32 Å². The van der Waals surface area contributed by atoms with Crippen LogP contribution < -0.4 is 0 Å². The minimum atomic E-state index is 0.183. The van der Waals surface area contributed by atoms with E-state index in [1.54, 1.807) is 0 Å². The van der Waals surface area contributed by atoms with Crippen LogP contribution in [0.4, 0.5) is 4.79 Å². The van der Waals surface area contributed by atoms with E-state index in [-0.39, 0.29) is 6.03 Å². The van der Waals surface area contributed by atoms with Crippen LogP contribution in [0.2, 0.25) is 0 Å². The van der Waals surface area contributed by atoms with Crippen LogP contribution in [0.15, 0.2) is 4.52 Å². The Labute approximate surface area is 137 Å². The Balaban J connectivity index is 1.46. The Morgan fingerprint density at radius 3 is 2.65 bits per heavy atom. The van der Waals surface area contributed by atoms with E-state index in [0.717, 1.165) is 76.5 Å². The van der Waals surface area contributed by atoms with Gasteiger partial charge in [0.2, 0.25) is 5.89 Å². The largest absolute Gasteiger partial charge is 0.339 e. The van der Waals surface area contributed by atoms with E-state index in [1.807, 2.05) is 16.8 Å². The number of aromatic nitrogens is 2. The zero-order chi connectivity index (χ0) is 16.2. The van der Waals surface area contributed by atoms with Crippen molar-refractivity contribution in [1.82, 2.24) is 24.8 Å². The number of nitrogens with zero attached hydrogens (tertiary/aromatic N) is 5. The number of piperidine rings is 1.